The Morgan fingerprint density at radius 3 is 2.24 bits per heavy atom. The minimum Gasteiger partial charge on any atom is -0.490 e. The molecule has 1 aliphatic carbocycles. The fourth-order valence-electron chi connectivity index (χ4n) is 3.22. The molecule has 1 unspecified atom stereocenters. The lowest BCUT2D eigenvalue weighted by molar-refractivity contribution is 0.286. The van der Waals surface area contributed by atoms with Gasteiger partial charge in [-0.2, -0.15) is 0 Å². The molecule has 1 aromatic rings. The van der Waals surface area contributed by atoms with Gasteiger partial charge in [-0.1, -0.05) is 31.7 Å². The largest absolute Gasteiger partial charge is 0.490 e. The summed E-state index contributed by atoms with van der Waals surface area (Å²) in [5, 5.41) is 0. The third kappa shape index (κ3) is 4.37. The van der Waals surface area contributed by atoms with E-state index >= 15 is 0 Å². The van der Waals surface area contributed by atoms with Gasteiger partial charge in [0.2, 0.25) is 0 Å². The highest BCUT2D eigenvalue weighted by Gasteiger charge is 2.22. The molecule has 0 aliphatic heterocycles. The molecule has 2 N–H and O–H groups in total. The van der Waals surface area contributed by atoms with E-state index in [0.717, 1.165) is 11.5 Å². The quantitative estimate of drug-likeness (QED) is 0.787. The van der Waals surface area contributed by atoms with Gasteiger partial charge in [0, 0.05) is 6.04 Å². The Labute approximate surface area is 128 Å². The molecular weight excluding hydrogens is 262 g/mol. The van der Waals surface area contributed by atoms with Crippen molar-refractivity contribution in [3.05, 3.63) is 23.8 Å². The van der Waals surface area contributed by atoms with Crippen LogP contribution < -0.4 is 15.2 Å². The zero-order valence-electron chi connectivity index (χ0n) is 13.4. The summed E-state index contributed by atoms with van der Waals surface area (Å²) in [5.74, 6) is 2.23. The van der Waals surface area contributed by atoms with Crippen molar-refractivity contribution in [2.75, 3.05) is 13.2 Å². The fourth-order valence-corrected chi connectivity index (χ4v) is 3.22. The zero-order valence-corrected chi connectivity index (χ0v) is 13.4. The maximum atomic E-state index is 6.53. The summed E-state index contributed by atoms with van der Waals surface area (Å²) in [6.45, 7) is 5.27. The number of benzene rings is 1. The first-order valence-corrected chi connectivity index (χ1v) is 8.41. The van der Waals surface area contributed by atoms with Crippen LogP contribution in [0.2, 0.25) is 0 Å². The molecule has 1 saturated carbocycles. The molecule has 2 rings (SSSR count). The first-order valence-electron chi connectivity index (χ1n) is 8.41. The van der Waals surface area contributed by atoms with E-state index in [0.29, 0.717) is 19.1 Å². The van der Waals surface area contributed by atoms with Crippen LogP contribution in [0.25, 0.3) is 0 Å². The topological polar surface area (TPSA) is 44.5 Å². The molecule has 1 aliphatic rings. The Bertz CT molecular complexity index is 425. The van der Waals surface area contributed by atoms with E-state index in [-0.39, 0.29) is 6.04 Å². The van der Waals surface area contributed by atoms with Gasteiger partial charge in [-0.3, -0.25) is 0 Å². The van der Waals surface area contributed by atoms with Crippen LogP contribution in [0.1, 0.15) is 64.0 Å². The number of hydrogen-bond donors (Lipinski definition) is 1. The van der Waals surface area contributed by atoms with Crippen molar-refractivity contribution < 1.29 is 9.47 Å². The van der Waals surface area contributed by atoms with Crippen LogP contribution >= 0.6 is 0 Å². The second kappa shape index (κ2) is 8.28. The summed E-state index contributed by atoms with van der Waals surface area (Å²) in [5.41, 5.74) is 7.71. The Morgan fingerprint density at radius 1 is 1.00 bits per heavy atom. The van der Waals surface area contributed by atoms with Crippen LogP contribution in [0.3, 0.4) is 0 Å². The molecule has 0 heterocycles. The molecular formula is C18H29NO2. The molecule has 1 atom stereocenters. The van der Waals surface area contributed by atoms with Crippen LogP contribution in [0.5, 0.6) is 11.5 Å². The SMILES string of the molecule is CCOc1ccc(C(N)C2CCCCCC2)cc1OCC. The minimum absolute atomic E-state index is 0.109. The molecule has 0 aromatic heterocycles. The van der Waals surface area contributed by atoms with Crippen molar-refractivity contribution in [3.63, 3.8) is 0 Å². The lowest BCUT2D eigenvalue weighted by Gasteiger charge is -2.23. The van der Waals surface area contributed by atoms with Crippen molar-refractivity contribution in [2.24, 2.45) is 11.7 Å². The highest BCUT2D eigenvalue weighted by Crippen LogP contribution is 2.36. The molecule has 0 amide bonds. The maximum absolute atomic E-state index is 6.53. The molecule has 1 aromatic carbocycles. The lowest BCUT2D eigenvalue weighted by Crippen LogP contribution is -2.21. The number of nitrogens with two attached hydrogens (primary N) is 1. The Balaban J connectivity index is 2.15. The second-order valence-electron chi connectivity index (χ2n) is 5.85. The standard InChI is InChI=1S/C18H29NO2/c1-3-20-16-12-11-15(13-17(16)21-4-2)18(19)14-9-7-5-6-8-10-14/h11-14,18H,3-10,19H2,1-2H3. The van der Waals surface area contributed by atoms with Crippen LogP contribution in [0.15, 0.2) is 18.2 Å². The molecule has 118 valence electrons. The molecule has 0 spiro atoms. The summed E-state index contributed by atoms with van der Waals surface area (Å²) in [4.78, 5) is 0. The van der Waals surface area contributed by atoms with Gasteiger partial charge in [0.25, 0.3) is 0 Å². The van der Waals surface area contributed by atoms with Gasteiger partial charge >= 0.3 is 0 Å². The Hall–Kier alpha value is -1.22. The van der Waals surface area contributed by atoms with E-state index in [4.69, 9.17) is 15.2 Å². The van der Waals surface area contributed by atoms with Crippen LogP contribution in [0.4, 0.5) is 0 Å². The third-order valence-electron chi connectivity index (χ3n) is 4.36. The first kappa shape index (κ1) is 16.2. The second-order valence-corrected chi connectivity index (χ2v) is 5.85. The zero-order chi connectivity index (χ0) is 15.1. The van der Waals surface area contributed by atoms with Gasteiger partial charge in [-0.15, -0.1) is 0 Å². The molecule has 21 heavy (non-hydrogen) atoms. The van der Waals surface area contributed by atoms with Crippen molar-refractivity contribution in [1.29, 1.82) is 0 Å². The third-order valence-corrected chi connectivity index (χ3v) is 4.36. The average molecular weight is 291 g/mol. The first-order chi connectivity index (χ1) is 10.3. The van der Waals surface area contributed by atoms with Gasteiger partial charge in [0.1, 0.15) is 0 Å². The summed E-state index contributed by atoms with van der Waals surface area (Å²) in [6, 6.07) is 6.28. The van der Waals surface area contributed by atoms with E-state index in [1.165, 1.54) is 44.1 Å². The fraction of sp³-hybridized carbons (Fsp3) is 0.667. The number of ether oxygens (including phenoxy) is 2. The average Bonchev–Trinajstić information content (AvgIpc) is 2.78. The van der Waals surface area contributed by atoms with E-state index < -0.39 is 0 Å². The molecule has 3 nitrogen and oxygen atoms in total. The normalized spacial score (nSPS) is 18.0. The molecule has 3 heteroatoms. The highest BCUT2D eigenvalue weighted by molar-refractivity contribution is 5.44. The van der Waals surface area contributed by atoms with Crippen molar-refractivity contribution in [2.45, 2.75) is 58.4 Å². The Kier molecular flexibility index (Phi) is 6.37. The maximum Gasteiger partial charge on any atom is 0.161 e. The van der Waals surface area contributed by atoms with Gasteiger partial charge in [-0.25, -0.2) is 0 Å². The summed E-state index contributed by atoms with van der Waals surface area (Å²) in [7, 11) is 0. The smallest absolute Gasteiger partial charge is 0.161 e. The van der Waals surface area contributed by atoms with E-state index in [9.17, 15) is 0 Å². The summed E-state index contributed by atoms with van der Waals surface area (Å²) in [6.07, 6.45) is 7.84. The van der Waals surface area contributed by atoms with Gasteiger partial charge in [0.05, 0.1) is 13.2 Å². The highest BCUT2D eigenvalue weighted by atomic mass is 16.5. The van der Waals surface area contributed by atoms with Gasteiger partial charge in [-0.05, 0) is 50.3 Å². The van der Waals surface area contributed by atoms with E-state index in [1.807, 2.05) is 19.9 Å². The van der Waals surface area contributed by atoms with Crippen molar-refractivity contribution in [3.8, 4) is 11.5 Å². The van der Waals surface area contributed by atoms with Crippen LogP contribution in [-0.4, -0.2) is 13.2 Å². The van der Waals surface area contributed by atoms with Gasteiger partial charge < -0.3 is 15.2 Å². The van der Waals surface area contributed by atoms with Crippen LogP contribution in [-0.2, 0) is 0 Å². The van der Waals surface area contributed by atoms with Crippen molar-refractivity contribution >= 4 is 0 Å². The predicted molar refractivity (Wildman–Crippen MR) is 86.9 cm³/mol. The van der Waals surface area contributed by atoms with E-state index in [2.05, 4.69) is 12.1 Å². The Morgan fingerprint density at radius 2 is 1.62 bits per heavy atom. The molecule has 0 saturated heterocycles. The lowest BCUT2D eigenvalue weighted by atomic mass is 9.88. The van der Waals surface area contributed by atoms with Crippen LogP contribution in [0, 0.1) is 5.92 Å². The molecule has 0 bridgehead atoms. The van der Waals surface area contributed by atoms with Crippen molar-refractivity contribution in [1.82, 2.24) is 0 Å². The summed E-state index contributed by atoms with van der Waals surface area (Å²) >= 11 is 0. The molecule has 1 fully saturated rings. The monoisotopic (exact) mass is 291 g/mol. The molecule has 0 radical (unpaired) electrons. The van der Waals surface area contributed by atoms with E-state index in [1.54, 1.807) is 0 Å². The number of rotatable bonds is 6. The predicted octanol–water partition coefficient (Wildman–Crippen LogP) is 4.45. The van der Waals surface area contributed by atoms with Gasteiger partial charge in [0.15, 0.2) is 11.5 Å². The summed E-state index contributed by atoms with van der Waals surface area (Å²) < 4.78 is 11.3. The minimum atomic E-state index is 0.109. The number of hydrogen-bond acceptors (Lipinski definition) is 3.